The van der Waals surface area contributed by atoms with Crippen LogP contribution in [-0.4, -0.2) is 212 Å². The summed E-state index contributed by atoms with van der Waals surface area (Å²) in [5.74, 6) is -4.11. The Kier molecular flexibility index (Phi) is 23.0. The maximum absolute atomic E-state index is 15.0. The molecule has 4 fully saturated rings. The van der Waals surface area contributed by atoms with Gasteiger partial charge in [0.25, 0.3) is 0 Å². The standard InChI is InChI=1S/C56H95N5O16/c1-17-42-55(12)48(76-52(65)77-55)36(6)44(58-70-28-25-57-51(64)69-32-40-23-21-20-22-24-40)34(4)30-53(10,66)47(75-50-45(62)41(59(13)14)29-35(5)71-50)37(7)46(38(8)49(63)73-42)74-43-31-54(11,68-16)56(67,39(9)72-43)33-60(15)26-27-61(18-2)19-3/h20-24,34-39,41-43,45-48,50,62,66-67H,17-19,25-33H2,1-16H3,(H,57,64)/b58-44+/t34-,35-,36+,37+,38-,39+,41+,42-,43+,45-,46+,47-,48-,50+,53+,54-,55-,56-/m1/s1. The van der Waals surface area contributed by atoms with Crippen molar-refractivity contribution in [2.75, 3.05) is 74.1 Å². The second-order valence-electron chi connectivity index (χ2n) is 22.9. The number of carbonyl (C=O) groups is 3. The number of fused-ring (bicyclic) bond motifs is 1. The lowest BCUT2D eigenvalue weighted by atomic mass is 9.73. The van der Waals surface area contributed by atoms with Gasteiger partial charge in [0.2, 0.25) is 0 Å². The number of carbonyl (C=O) groups excluding carboxylic acids is 3. The highest BCUT2D eigenvalue weighted by molar-refractivity contribution is 5.89. The largest absolute Gasteiger partial charge is 0.509 e. The number of esters is 1. The molecule has 4 aliphatic heterocycles. The van der Waals surface area contributed by atoms with Crippen molar-refractivity contribution in [3.05, 3.63) is 35.9 Å². The van der Waals surface area contributed by atoms with Crippen LogP contribution in [-0.2, 0) is 58.9 Å². The first-order valence-corrected chi connectivity index (χ1v) is 27.8. The minimum atomic E-state index is -1.83. The molecular formula is C56H95N5O16. The number of cyclic esters (lactones) is 1. The van der Waals surface area contributed by atoms with Crippen molar-refractivity contribution in [3.63, 3.8) is 0 Å². The molecule has 1 amide bonds. The molecule has 4 heterocycles. The minimum absolute atomic E-state index is 0.0291. The van der Waals surface area contributed by atoms with Gasteiger partial charge in [0, 0.05) is 57.0 Å². The minimum Gasteiger partial charge on any atom is -0.458 e. The molecule has 18 atom stereocenters. The lowest BCUT2D eigenvalue weighted by Crippen LogP contribution is -2.70. The van der Waals surface area contributed by atoms with Crippen molar-refractivity contribution in [2.24, 2.45) is 28.8 Å². The summed E-state index contributed by atoms with van der Waals surface area (Å²) in [4.78, 5) is 53.0. The quantitative estimate of drug-likeness (QED) is 0.0558. The van der Waals surface area contributed by atoms with Crippen molar-refractivity contribution in [1.29, 1.82) is 0 Å². The van der Waals surface area contributed by atoms with Crippen molar-refractivity contribution in [1.82, 2.24) is 20.0 Å². The molecule has 4 N–H and O–H groups in total. The topological polar surface area (TPSA) is 238 Å². The summed E-state index contributed by atoms with van der Waals surface area (Å²) in [6.45, 7) is 25.5. The predicted octanol–water partition coefficient (Wildman–Crippen LogP) is 5.34. The zero-order chi connectivity index (χ0) is 57.2. The zero-order valence-corrected chi connectivity index (χ0v) is 48.9. The second-order valence-corrected chi connectivity index (χ2v) is 22.9. The van der Waals surface area contributed by atoms with Crippen molar-refractivity contribution in [2.45, 2.75) is 199 Å². The number of rotatable bonds is 20. The van der Waals surface area contributed by atoms with E-state index in [0.717, 1.165) is 25.2 Å². The van der Waals surface area contributed by atoms with E-state index in [1.807, 2.05) is 84.1 Å². The van der Waals surface area contributed by atoms with Crippen molar-refractivity contribution >= 4 is 23.9 Å². The molecule has 5 rings (SSSR count). The second kappa shape index (κ2) is 27.6. The molecule has 4 saturated heterocycles. The summed E-state index contributed by atoms with van der Waals surface area (Å²) in [6, 6.07) is 8.90. The maximum Gasteiger partial charge on any atom is 0.509 e. The number of aliphatic hydroxyl groups is 3. The number of amides is 1. The van der Waals surface area contributed by atoms with Gasteiger partial charge in [-0.3, -0.25) is 4.79 Å². The van der Waals surface area contributed by atoms with Gasteiger partial charge < -0.3 is 82.8 Å². The summed E-state index contributed by atoms with van der Waals surface area (Å²) in [7, 11) is 7.23. The molecule has 1 aromatic carbocycles. The van der Waals surface area contributed by atoms with Crippen LogP contribution < -0.4 is 5.32 Å². The molecule has 0 aliphatic carbocycles. The summed E-state index contributed by atoms with van der Waals surface area (Å²) >= 11 is 0. The zero-order valence-electron chi connectivity index (χ0n) is 48.9. The van der Waals surface area contributed by atoms with E-state index < -0.39 is 113 Å². The molecule has 0 saturated carbocycles. The number of hydrogen-bond donors (Lipinski definition) is 4. The van der Waals surface area contributed by atoms with E-state index in [1.165, 1.54) is 0 Å². The van der Waals surface area contributed by atoms with Gasteiger partial charge in [-0.1, -0.05) is 77.0 Å². The Hall–Kier alpha value is -3.74. The lowest BCUT2D eigenvalue weighted by molar-refractivity contribution is -0.339. The fourth-order valence-electron chi connectivity index (χ4n) is 12.0. The highest BCUT2D eigenvalue weighted by atomic mass is 16.8. The SMILES string of the molecule is CC[C@H]1OC(=O)[C@H](C)[C@@H](O[C@H]2C[C@@](C)(OC)[C@@](O)(CN(C)CCN(CC)CC)[C@H](C)O2)[C@H](C)[C@@H](O[C@@H]2O[C@H](C)C[C@H](N(C)C)[C@H]2O)[C@@](C)(O)C[C@@H](C)/C(=N\OCCNC(=O)OCc2ccccc2)[C@H](C)[C@H]2OC(=O)O[C@@]21C. The molecule has 0 bridgehead atoms. The fraction of sp³-hybridized carbons (Fsp3) is 0.821. The van der Waals surface area contributed by atoms with Crippen LogP contribution in [0.3, 0.4) is 0 Å². The molecule has 4 aliphatic rings. The number of oxime groups is 1. The maximum atomic E-state index is 15.0. The van der Waals surface area contributed by atoms with Crippen LogP contribution in [0.2, 0.25) is 0 Å². The monoisotopic (exact) mass is 1090 g/mol. The van der Waals surface area contributed by atoms with Gasteiger partial charge >= 0.3 is 18.2 Å². The Morgan fingerprint density at radius 2 is 1.57 bits per heavy atom. The molecule has 21 nitrogen and oxygen atoms in total. The molecule has 0 spiro atoms. The lowest BCUT2D eigenvalue weighted by Gasteiger charge is -2.54. The van der Waals surface area contributed by atoms with Crippen LogP contribution in [0.1, 0.15) is 114 Å². The number of ether oxygens (including phenoxy) is 9. The summed E-state index contributed by atoms with van der Waals surface area (Å²) in [6.07, 6.45) is -10.0. The van der Waals surface area contributed by atoms with Gasteiger partial charge in [-0.2, -0.15) is 0 Å². The molecule has 0 aromatic heterocycles. The molecule has 0 radical (unpaired) electrons. The Morgan fingerprint density at radius 3 is 2.19 bits per heavy atom. The van der Waals surface area contributed by atoms with Crippen LogP contribution in [0.5, 0.6) is 0 Å². The summed E-state index contributed by atoms with van der Waals surface area (Å²) in [5.41, 5.74) is -4.90. The number of methoxy groups -OCH3 is 1. The Labute approximate surface area is 457 Å². The predicted molar refractivity (Wildman–Crippen MR) is 287 cm³/mol. The van der Waals surface area contributed by atoms with E-state index in [-0.39, 0.29) is 57.7 Å². The van der Waals surface area contributed by atoms with Gasteiger partial charge in [-0.15, -0.1) is 0 Å². The summed E-state index contributed by atoms with van der Waals surface area (Å²) < 4.78 is 56.9. The molecule has 21 heteroatoms. The third kappa shape index (κ3) is 15.4. The number of nitrogens with one attached hydrogen (secondary N) is 1. The Bertz CT molecular complexity index is 2070. The highest BCUT2D eigenvalue weighted by Gasteiger charge is 2.61. The van der Waals surface area contributed by atoms with Gasteiger partial charge in [0.15, 0.2) is 24.3 Å². The van der Waals surface area contributed by atoms with Gasteiger partial charge in [-0.25, -0.2) is 9.59 Å². The molecule has 77 heavy (non-hydrogen) atoms. The normalized spacial score (nSPS) is 38.9. The number of alkyl carbamates (subject to hydrolysis) is 1. The van der Waals surface area contributed by atoms with Crippen LogP contribution in [0.4, 0.5) is 9.59 Å². The van der Waals surface area contributed by atoms with E-state index in [0.29, 0.717) is 18.7 Å². The van der Waals surface area contributed by atoms with E-state index in [9.17, 15) is 29.7 Å². The van der Waals surface area contributed by atoms with Gasteiger partial charge in [-0.05, 0) is 101 Å². The molecule has 1 aromatic rings. The number of benzene rings is 1. The first kappa shape index (κ1) is 64.1. The van der Waals surface area contributed by atoms with Crippen LogP contribution in [0, 0.1) is 23.7 Å². The van der Waals surface area contributed by atoms with E-state index >= 15 is 0 Å². The van der Waals surface area contributed by atoms with E-state index in [1.54, 1.807) is 48.7 Å². The van der Waals surface area contributed by atoms with Crippen LogP contribution in [0.25, 0.3) is 0 Å². The average molecular weight is 1090 g/mol. The van der Waals surface area contributed by atoms with Crippen molar-refractivity contribution < 1.29 is 77.2 Å². The molecule has 440 valence electrons. The third-order valence-corrected chi connectivity index (χ3v) is 16.8. The Balaban J connectivity index is 1.55. The third-order valence-electron chi connectivity index (χ3n) is 16.8. The van der Waals surface area contributed by atoms with Gasteiger partial charge in [0.05, 0.1) is 48.2 Å². The van der Waals surface area contributed by atoms with Crippen molar-refractivity contribution in [3.8, 4) is 0 Å². The number of hydrogen-bond acceptors (Lipinski definition) is 20. The molecular weight excluding hydrogens is 999 g/mol. The highest BCUT2D eigenvalue weighted by Crippen LogP contribution is 2.45. The average Bonchev–Trinajstić information content (AvgIpc) is 3.70. The van der Waals surface area contributed by atoms with E-state index in [4.69, 9.17) is 47.5 Å². The van der Waals surface area contributed by atoms with Crippen LogP contribution >= 0.6 is 0 Å². The smallest absolute Gasteiger partial charge is 0.458 e. The van der Waals surface area contributed by atoms with Crippen LogP contribution in [0.15, 0.2) is 35.5 Å². The number of likely N-dealkylation sites (N-methyl/N-ethyl adjacent to an activating group) is 3. The van der Waals surface area contributed by atoms with Gasteiger partial charge in [0.1, 0.15) is 36.6 Å². The summed E-state index contributed by atoms with van der Waals surface area (Å²) in [5, 5.41) is 45.0. The first-order valence-electron chi connectivity index (χ1n) is 27.8. The first-order chi connectivity index (χ1) is 36.2. The number of nitrogens with zero attached hydrogens (tertiary/aromatic N) is 4. The fourth-order valence-corrected chi connectivity index (χ4v) is 12.0. The Morgan fingerprint density at radius 1 is 0.896 bits per heavy atom. The molecule has 0 unspecified atom stereocenters. The number of aliphatic hydroxyl groups excluding tert-OH is 1. The van der Waals surface area contributed by atoms with E-state index in [2.05, 4.69) is 34.1 Å².